The van der Waals surface area contributed by atoms with Crippen LogP contribution in [-0.2, 0) is 0 Å². The second-order valence-electron chi connectivity index (χ2n) is 3.62. The molecule has 0 aromatic heterocycles. The SMILES string of the molecule is CCN1CC(C)CCC1C. The van der Waals surface area contributed by atoms with Gasteiger partial charge < -0.3 is 4.90 Å². The lowest BCUT2D eigenvalue weighted by Gasteiger charge is -2.35. The third kappa shape index (κ3) is 1.72. The van der Waals surface area contributed by atoms with Crippen LogP contribution in [0.4, 0.5) is 0 Å². The van der Waals surface area contributed by atoms with Crippen molar-refractivity contribution in [2.24, 2.45) is 5.92 Å². The Balaban J connectivity index is 2.38. The van der Waals surface area contributed by atoms with E-state index in [-0.39, 0.29) is 0 Å². The Labute approximate surface area is 64.4 Å². The highest BCUT2D eigenvalue weighted by atomic mass is 15.2. The van der Waals surface area contributed by atoms with Crippen LogP contribution in [0.2, 0.25) is 0 Å². The van der Waals surface area contributed by atoms with E-state index in [2.05, 4.69) is 25.7 Å². The van der Waals surface area contributed by atoms with Gasteiger partial charge in [0.2, 0.25) is 0 Å². The fraction of sp³-hybridized carbons (Fsp3) is 1.00. The van der Waals surface area contributed by atoms with Crippen LogP contribution in [0.3, 0.4) is 0 Å². The summed E-state index contributed by atoms with van der Waals surface area (Å²) in [6.45, 7) is 9.50. The van der Waals surface area contributed by atoms with Crippen molar-refractivity contribution in [1.82, 2.24) is 4.90 Å². The molecule has 1 aliphatic rings. The largest absolute Gasteiger partial charge is 0.301 e. The van der Waals surface area contributed by atoms with Crippen LogP contribution in [0, 0.1) is 5.92 Å². The van der Waals surface area contributed by atoms with Gasteiger partial charge in [-0.15, -0.1) is 0 Å². The number of rotatable bonds is 1. The third-order valence-electron chi connectivity index (χ3n) is 2.65. The van der Waals surface area contributed by atoms with E-state index in [0.717, 1.165) is 12.0 Å². The highest BCUT2D eigenvalue weighted by Crippen LogP contribution is 2.20. The van der Waals surface area contributed by atoms with Gasteiger partial charge in [0.25, 0.3) is 0 Å². The van der Waals surface area contributed by atoms with Gasteiger partial charge in [-0.1, -0.05) is 13.8 Å². The summed E-state index contributed by atoms with van der Waals surface area (Å²) in [7, 11) is 0. The normalized spacial score (nSPS) is 36.3. The molecule has 0 radical (unpaired) electrons. The van der Waals surface area contributed by atoms with Crippen LogP contribution in [0.1, 0.15) is 33.6 Å². The van der Waals surface area contributed by atoms with E-state index in [1.165, 1.54) is 25.9 Å². The van der Waals surface area contributed by atoms with Crippen molar-refractivity contribution in [1.29, 1.82) is 0 Å². The molecule has 0 saturated carbocycles. The fourth-order valence-corrected chi connectivity index (χ4v) is 1.82. The summed E-state index contributed by atoms with van der Waals surface area (Å²) in [5.74, 6) is 0.927. The van der Waals surface area contributed by atoms with Gasteiger partial charge in [0.05, 0.1) is 0 Å². The first kappa shape index (κ1) is 8.06. The van der Waals surface area contributed by atoms with E-state index in [1.807, 2.05) is 0 Å². The molecule has 0 aromatic rings. The van der Waals surface area contributed by atoms with Gasteiger partial charge >= 0.3 is 0 Å². The monoisotopic (exact) mass is 141 g/mol. The van der Waals surface area contributed by atoms with Crippen LogP contribution in [0.5, 0.6) is 0 Å². The van der Waals surface area contributed by atoms with Crippen LogP contribution < -0.4 is 0 Å². The molecule has 60 valence electrons. The molecule has 2 unspecified atom stereocenters. The Morgan fingerprint density at radius 1 is 1.30 bits per heavy atom. The highest BCUT2D eigenvalue weighted by Gasteiger charge is 2.20. The molecule has 0 N–H and O–H groups in total. The van der Waals surface area contributed by atoms with Gasteiger partial charge in [0, 0.05) is 12.6 Å². The second-order valence-corrected chi connectivity index (χ2v) is 3.62. The van der Waals surface area contributed by atoms with Crippen LogP contribution in [0.15, 0.2) is 0 Å². The Kier molecular flexibility index (Phi) is 2.72. The summed E-state index contributed by atoms with van der Waals surface area (Å²) in [4.78, 5) is 2.58. The number of hydrogen-bond donors (Lipinski definition) is 0. The average Bonchev–Trinajstić information content (AvgIpc) is 1.94. The molecule has 1 aliphatic heterocycles. The van der Waals surface area contributed by atoms with Crippen molar-refractivity contribution in [3.63, 3.8) is 0 Å². The molecule has 2 atom stereocenters. The molecular weight excluding hydrogens is 122 g/mol. The van der Waals surface area contributed by atoms with Gasteiger partial charge in [0.15, 0.2) is 0 Å². The number of hydrogen-bond acceptors (Lipinski definition) is 1. The van der Waals surface area contributed by atoms with Gasteiger partial charge in [-0.25, -0.2) is 0 Å². The zero-order valence-corrected chi connectivity index (χ0v) is 7.43. The maximum Gasteiger partial charge on any atom is 0.00670 e. The maximum atomic E-state index is 2.58. The van der Waals surface area contributed by atoms with Crippen LogP contribution in [-0.4, -0.2) is 24.0 Å². The average molecular weight is 141 g/mol. The minimum atomic E-state index is 0.834. The molecule has 1 nitrogen and oxygen atoms in total. The van der Waals surface area contributed by atoms with Crippen molar-refractivity contribution in [3.05, 3.63) is 0 Å². The molecule has 0 aliphatic carbocycles. The second kappa shape index (κ2) is 3.38. The Morgan fingerprint density at radius 3 is 2.50 bits per heavy atom. The lowest BCUT2D eigenvalue weighted by Crippen LogP contribution is -2.40. The predicted octanol–water partition coefficient (Wildman–Crippen LogP) is 2.13. The smallest absolute Gasteiger partial charge is 0.00670 e. The molecule has 1 heterocycles. The first-order chi connectivity index (χ1) is 4.74. The quantitative estimate of drug-likeness (QED) is 0.540. The van der Waals surface area contributed by atoms with E-state index in [0.29, 0.717) is 0 Å². The predicted molar refractivity (Wildman–Crippen MR) is 45.1 cm³/mol. The van der Waals surface area contributed by atoms with Crippen molar-refractivity contribution in [3.8, 4) is 0 Å². The third-order valence-corrected chi connectivity index (χ3v) is 2.65. The van der Waals surface area contributed by atoms with Gasteiger partial charge in [-0.3, -0.25) is 0 Å². The number of likely N-dealkylation sites (tertiary alicyclic amines) is 1. The molecule has 0 aromatic carbocycles. The highest BCUT2D eigenvalue weighted by molar-refractivity contribution is 4.75. The van der Waals surface area contributed by atoms with Crippen molar-refractivity contribution >= 4 is 0 Å². The summed E-state index contributed by atoms with van der Waals surface area (Å²) < 4.78 is 0. The molecule has 1 heteroatoms. The first-order valence-electron chi connectivity index (χ1n) is 4.48. The molecule has 0 spiro atoms. The number of piperidine rings is 1. The lowest BCUT2D eigenvalue weighted by atomic mass is 9.95. The van der Waals surface area contributed by atoms with E-state index in [4.69, 9.17) is 0 Å². The molecule has 0 bridgehead atoms. The van der Waals surface area contributed by atoms with Gasteiger partial charge in [-0.2, -0.15) is 0 Å². The minimum absolute atomic E-state index is 0.834. The Bertz CT molecular complexity index is 101. The fourth-order valence-electron chi connectivity index (χ4n) is 1.82. The van der Waals surface area contributed by atoms with Gasteiger partial charge in [-0.05, 0) is 32.2 Å². The summed E-state index contributed by atoms with van der Waals surface area (Å²) >= 11 is 0. The van der Waals surface area contributed by atoms with Crippen LogP contribution in [0.25, 0.3) is 0 Å². The number of nitrogens with zero attached hydrogens (tertiary/aromatic N) is 1. The maximum absolute atomic E-state index is 2.58. The zero-order chi connectivity index (χ0) is 7.56. The summed E-state index contributed by atoms with van der Waals surface area (Å²) in [5.41, 5.74) is 0. The van der Waals surface area contributed by atoms with E-state index in [9.17, 15) is 0 Å². The summed E-state index contributed by atoms with van der Waals surface area (Å²) in [6.07, 6.45) is 2.83. The molecule has 1 fully saturated rings. The Hall–Kier alpha value is -0.0400. The zero-order valence-electron chi connectivity index (χ0n) is 7.43. The minimum Gasteiger partial charge on any atom is -0.301 e. The standard InChI is InChI=1S/C9H19N/c1-4-10-7-8(2)5-6-9(10)3/h8-9H,4-7H2,1-3H3. The van der Waals surface area contributed by atoms with E-state index < -0.39 is 0 Å². The van der Waals surface area contributed by atoms with Crippen molar-refractivity contribution < 1.29 is 0 Å². The van der Waals surface area contributed by atoms with E-state index in [1.54, 1.807) is 0 Å². The van der Waals surface area contributed by atoms with E-state index >= 15 is 0 Å². The Morgan fingerprint density at radius 2 is 2.00 bits per heavy atom. The summed E-state index contributed by atoms with van der Waals surface area (Å²) in [6, 6.07) is 0.834. The summed E-state index contributed by atoms with van der Waals surface area (Å²) in [5, 5.41) is 0. The molecule has 1 saturated heterocycles. The molecule has 0 amide bonds. The first-order valence-corrected chi connectivity index (χ1v) is 4.48. The van der Waals surface area contributed by atoms with Crippen molar-refractivity contribution in [2.45, 2.75) is 39.7 Å². The van der Waals surface area contributed by atoms with Crippen LogP contribution >= 0.6 is 0 Å². The van der Waals surface area contributed by atoms with Gasteiger partial charge in [0.1, 0.15) is 0 Å². The van der Waals surface area contributed by atoms with Crippen molar-refractivity contribution in [2.75, 3.05) is 13.1 Å². The topological polar surface area (TPSA) is 3.24 Å². The molecule has 1 rings (SSSR count). The molecule has 10 heavy (non-hydrogen) atoms. The molecular formula is C9H19N. The lowest BCUT2D eigenvalue weighted by molar-refractivity contribution is 0.132.